The van der Waals surface area contributed by atoms with Crippen LogP contribution in [0.2, 0.25) is 0 Å². The lowest BCUT2D eigenvalue weighted by molar-refractivity contribution is 0.0962. The molecule has 0 bridgehead atoms. The Morgan fingerprint density at radius 3 is 1.15 bits per heavy atom. The number of fused-ring (bicyclic) bond motifs is 2. The van der Waals surface area contributed by atoms with Crippen molar-refractivity contribution in [2.24, 2.45) is 0 Å². The molecule has 0 atom stereocenters. The Hall–Kier alpha value is -2.64. The van der Waals surface area contributed by atoms with Crippen molar-refractivity contribution in [3.8, 4) is 0 Å². The Morgan fingerprint density at radius 1 is 0.519 bits per heavy atom. The standard InChI is InChI=1S/C20H9Br2NO4/c21-13-15(19(26)11-7-3-1-5-9(11)17(13)24)23-16-14(22)18(25)10-6-2-4-8-12(10)20(16)27/h1-8,23H. The number of hydrogen-bond acceptors (Lipinski definition) is 5. The van der Waals surface area contributed by atoms with Crippen LogP contribution in [0.4, 0.5) is 0 Å². The zero-order valence-corrected chi connectivity index (χ0v) is 16.7. The van der Waals surface area contributed by atoms with Gasteiger partial charge in [-0.05, 0) is 31.9 Å². The van der Waals surface area contributed by atoms with Gasteiger partial charge in [0, 0.05) is 22.3 Å². The molecule has 7 heteroatoms. The fraction of sp³-hybridized carbons (Fsp3) is 0. The molecule has 2 aliphatic carbocycles. The Bertz CT molecular complexity index is 1050. The Kier molecular flexibility index (Phi) is 4.28. The van der Waals surface area contributed by atoms with Crippen molar-refractivity contribution in [3.63, 3.8) is 0 Å². The number of nitrogens with one attached hydrogen (secondary N) is 1. The maximum Gasteiger partial charge on any atom is 0.211 e. The SMILES string of the molecule is O=C1C(Br)=C(NC2=C(Br)C(=O)c3ccccc3C2=O)C(=O)c2ccccc21. The van der Waals surface area contributed by atoms with Crippen molar-refractivity contribution >= 4 is 55.0 Å². The van der Waals surface area contributed by atoms with E-state index in [4.69, 9.17) is 0 Å². The van der Waals surface area contributed by atoms with E-state index in [0.717, 1.165) is 0 Å². The summed E-state index contributed by atoms with van der Waals surface area (Å²) in [7, 11) is 0. The van der Waals surface area contributed by atoms with Crippen LogP contribution in [0.5, 0.6) is 0 Å². The highest BCUT2D eigenvalue weighted by molar-refractivity contribution is 9.12. The first-order valence-corrected chi connectivity index (χ1v) is 9.44. The van der Waals surface area contributed by atoms with Gasteiger partial charge in [-0.15, -0.1) is 0 Å². The zero-order chi connectivity index (χ0) is 19.3. The van der Waals surface area contributed by atoms with Gasteiger partial charge in [-0.3, -0.25) is 19.2 Å². The van der Waals surface area contributed by atoms with Crippen LogP contribution >= 0.6 is 31.9 Å². The summed E-state index contributed by atoms with van der Waals surface area (Å²) in [5, 5.41) is 2.72. The van der Waals surface area contributed by atoms with Crippen LogP contribution in [0.25, 0.3) is 0 Å². The third-order valence-electron chi connectivity index (χ3n) is 4.37. The van der Waals surface area contributed by atoms with Crippen molar-refractivity contribution in [1.29, 1.82) is 0 Å². The van der Waals surface area contributed by atoms with E-state index in [0.29, 0.717) is 0 Å². The molecule has 4 rings (SSSR count). The highest BCUT2D eigenvalue weighted by Crippen LogP contribution is 2.32. The molecule has 0 fully saturated rings. The number of ketones is 4. The van der Waals surface area contributed by atoms with Crippen LogP contribution in [-0.2, 0) is 0 Å². The number of hydrogen-bond donors (Lipinski definition) is 1. The highest BCUT2D eigenvalue weighted by Gasteiger charge is 2.36. The first-order valence-electron chi connectivity index (χ1n) is 7.85. The van der Waals surface area contributed by atoms with Gasteiger partial charge < -0.3 is 5.32 Å². The Labute approximate surface area is 170 Å². The van der Waals surface area contributed by atoms with Gasteiger partial charge in [0.2, 0.25) is 23.1 Å². The van der Waals surface area contributed by atoms with E-state index < -0.39 is 11.6 Å². The van der Waals surface area contributed by atoms with Gasteiger partial charge in [0.15, 0.2) is 0 Å². The summed E-state index contributed by atoms with van der Waals surface area (Å²) in [4.78, 5) is 50.8. The Balaban J connectivity index is 1.81. The summed E-state index contributed by atoms with van der Waals surface area (Å²) < 4.78 is 0.0243. The molecule has 27 heavy (non-hydrogen) atoms. The van der Waals surface area contributed by atoms with E-state index in [2.05, 4.69) is 37.2 Å². The second-order valence-corrected chi connectivity index (χ2v) is 7.50. The molecule has 2 aromatic rings. The number of benzene rings is 2. The molecule has 2 aliphatic rings. The van der Waals surface area contributed by atoms with E-state index in [1.165, 1.54) is 0 Å². The molecule has 0 aliphatic heterocycles. The molecule has 0 radical (unpaired) electrons. The summed E-state index contributed by atoms with van der Waals surface area (Å²) in [5.41, 5.74) is 0.880. The molecule has 5 nitrogen and oxygen atoms in total. The Morgan fingerprint density at radius 2 is 0.815 bits per heavy atom. The average molecular weight is 487 g/mol. The molecule has 0 amide bonds. The monoisotopic (exact) mass is 485 g/mol. The van der Waals surface area contributed by atoms with Crippen LogP contribution in [0.15, 0.2) is 68.9 Å². The second kappa shape index (κ2) is 6.51. The van der Waals surface area contributed by atoms with E-state index in [1.807, 2.05) is 0 Å². The van der Waals surface area contributed by atoms with Crippen molar-refractivity contribution < 1.29 is 19.2 Å². The number of rotatable bonds is 2. The third kappa shape index (κ3) is 2.65. The molecule has 0 heterocycles. The van der Waals surface area contributed by atoms with Gasteiger partial charge in [0.1, 0.15) is 11.4 Å². The second-order valence-electron chi connectivity index (χ2n) is 5.91. The molecule has 132 valence electrons. The fourth-order valence-corrected chi connectivity index (χ4v) is 4.02. The maximum atomic E-state index is 12.9. The van der Waals surface area contributed by atoms with E-state index in [9.17, 15) is 19.2 Å². The van der Waals surface area contributed by atoms with Gasteiger partial charge in [-0.25, -0.2) is 0 Å². The predicted molar refractivity (Wildman–Crippen MR) is 105 cm³/mol. The van der Waals surface area contributed by atoms with Crippen LogP contribution < -0.4 is 5.32 Å². The van der Waals surface area contributed by atoms with Gasteiger partial charge in [0.25, 0.3) is 0 Å². The van der Waals surface area contributed by atoms with Gasteiger partial charge in [0.05, 0.1) is 8.96 Å². The molecular formula is C20H9Br2NO4. The topological polar surface area (TPSA) is 80.3 Å². The number of Topliss-reactive ketones (excluding diaryl/α,β-unsaturated/α-hetero) is 4. The number of halogens is 2. The van der Waals surface area contributed by atoms with E-state index in [1.54, 1.807) is 48.5 Å². The molecule has 0 saturated carbocycles. The molecule has 0 saturated heterocycles. The fourth-order valence-electron chi connectivity index (χ4n) is 3.04. The smallest absolute Gasteiger partial charge is 0.211 e. The third-order valence-corrected chi connectivity index (χ3v) is 5.89. The molecule has 1 N–H and O–H groups in total. The minimum absolute atomic E-state index is 0.0121. The van der Waals surface area contributed by atoms with Gasteiger partial charge in [-0.1, -0.05) is 48.5 Å². The predicted octanol–water partition coefficient (Wildman–Crippen LogP) is 3.95. The normalized spacial score (nSPS) is 16.5. The average Bonchev–Trinajstić information content (AvgIpc) is 2.70. The molecular weight excluding hydrogens is 478 g/mol. The van der Waals surface area contributed by atoms with Crippen LogP contribution in [0.1, 0.15) is 41.4 Å². The van der Waals surface area contributed by atoms with Crippen LogP contribution in [0, 0.1) is 0 Å². The van der Waals surface area contributed by atoms with Crippen molar-refractivity contribution in [1.82, 2.24) is 5.32 Å². The molecule has 0 spiro atoms. The lowest BCUT2D eigenvalue weighted by Gasteiger charge is -2.23. The zero-order valence-electron chi connectivity index (χ0n) is 13.5. The van der Waals surface area contributed by atoms with Crippen molar-refractivity contribution in [3.05, 3.63) is 91.1 Å². The van der Waals surface area contributed by atoms with Crippen LogP contribution in [-0.4, -0.2) is 23.1 Å². The summed E-state index contributed by atoms with van der Waals surface area (Å²) >= 11 is 6.31. The van der Waals surface area contributed by atoms with Gasteiger partial charge >= 0.3 is 0 Å². The molecule has 2 aromatic carbocycles. The number of carbonyl (C=O) groups excluding carboxylic acids is 4. The largest absolute Gasteiger partial charge is 0.347 e. The van der Waals surface area contributed by atoms with E-state index >= 15 is 0 Å². The minimum atomic E-state index is -0.441. The van der Waals surface area contributed by atoms with Crippen molar-refractivity contribution in [2.45, 2.75) is 0 Å². The summed E-state index contributed by atoms with van der Waals surface area (Å²) in [6.45, 7) is 0. The number of carbonyl (C=O) groups is 4. The molecule has 0 aromatic heterocycles. The highest BCUT2D eigenvalue weighted by atomic mass is 79.9. The first kappa shape index (κ1) is 17.8. The summed E-state index contributed by atoms with van der Waals surface area (Å²) in [6, 6.07) is 12.9. The minimum Gasteiger partial charge on any atom is -0.347 e. The summed E-state index contributed by atoms with van der Waals surface area (Å²) in [6.07, 6.45) is 0. The maximum absolute atomic E-state index is 12.9. The quantitative estimate of drug-likeness (QED) is 0.695. The van der Waals surface area contributed by atoms with Gasteiger partial charge in [-0.2, -0.15) is 0 Å². The van der Waals surface area contributed by atoms with Crippen molar-refractivity contribution in [2.75, 3.05) is 0 Å². The lowest BCUT2D eigenvalue weighted by atomic mass is 9.90. The van der Waals surface area contributed by atoms with E-state index in [-0.39, 0.29) is 54.2 Å². The first-order chi connectivity index (χ1) is 12.9. The molecule has 0 unspecified atom stereocenters. The number of allylic oxidation sites excluding steroid dienone is 4. The lowest BCUT2D eigenvalue weighted by Crippen LogP contribution is -2.34. The van der Waals surface area contributed by atoms with Crippen LogP contribution in [0.3, 0.4) is 0 Å². The summed E-state index contributed by atoms with van der Waals surface area (Å²) in [5.74, 6) is -1.63.